The molecule has 0 spiro atoms. The molecule has 18 heavy (non-hydrogen) atoms. The molecule has 0 aliphatic rings. The third kappa shape index (κ3) is 3.87. The minimum absolute atomic E-state index is 0.117. The quantitative estimate of drug-likeness (QED) is 0.645. The summed E-state index contributed by atoms with van der Waals surface area (Å²) in [6.07, 6.45) is 1.97. The lowest BCUT2D eigenvalue weighted by atomic mass is 10.1. The van der Waals surface area contributed by atoms with Crippen LogP contribution in [0, 0.1) is 0 Å². The molecular weight excluding hydrogens is 224 g/mol. The first-order chi connectivity index (χ1) is 8.84. The van der Waals surface area contributed by atoms with E-state index in [1.807, 2.05) is 60.7 Å². The molecule has 0 saturated carbocycles. The lowest BCUT2D eigenvalue weighted by Gasteiger charge is -1.99. The second-order valence-electron chi connectivity index (χ2n) is 3.87. The fourth-order valence-electron chi connectivity index (χ4n) is 1.54. The van der Waals surface area contributed by atoms with Crippen molar-refractivity contribution in [3.8, 4) is 0 Å². The number of carbonyl (C=O) groups excluding carboxylic acids is 1. The molecule has 0 radical (unpaired) electrons. The van der Waals surface area contributed by atoms with Crippen molar-refractivity contribution in [3.63, 3.8) is 0 Å². The number of hydrogen-bond donors (Lipinski definition) is 1. The standard InChI is InChI=1S/C15H14N2O/c18-15(11-13-7-3-1-4-8-13)17-16-12-14-9-5-2-6-10-14/h1-10,12H,11H2,(H,17,18)/b16-12+. The van der Waals surface area contributed by atoms with Crippen LogP contribution in [-0.4, -0.2) is 12.1 Å². The summed E-state index contributed by atoms with van der Waals surface area (Å²) in [5.41, 5.74) is 4.44. The van der Waals surface area contributed by atoms with Crippen molar-refractivity contribution in [1.82, 2.24) is 5.43 Å². The average molecular weight is 238 g/mol. The fourth-order valence-corrected chi connectivity index (χ4v) is 1.54. The van der Waals surface area contributed by atoms with E-state index in [1.165, 1.54) is 0 Å². The van der Waals surface area contributed by atoms with Gasteiger partial charge in [-0.2, -0.15) is 5.10 Å². The van der Waals surface area contributed by atoms with Crippen molar-refractivity contribution in [2.75, 3.05) is 0 Å². The number of hydrazone groups is 1. The molecule has 3 heteroatoms. The smallest absolute Gasteiger partial charge is 0.244 e. The van der Waals surface area contributed by atoms with Crippen LogP contribution in [0.15, 0.2) is 65.8 Å². The minimum Gasteiger partial charge on any atom is -0.273 e. The predicted octanol–water partition coefficient (Wildman–Crippen LogP) is 2.38. The average Bonchev–Trinajstić information content (AvgIpc) is 2.41. The lowest BCUT2D eigenvalue weighted by Crippen LogP contribution is -2.19. The summed E-state index contributed by atoms with van der Waals surface area (Å²) in [6, 6.07) is 19.2. The molecular formula is C15H14N2O. The van der Waals surface area contributed by atoms with Gasteiger partial charge in [0.1, 0.15) is 0 Å². The van der Waals surface area contributed by atoms with Gasteiger partial charge in [0, 0.05) is 0 Å². The van der Waals surface area contributed by atoms with Crippen molar-refractivity contribution in [2.45, 2.75) is 6.42 Å². The maximum Gasteiger partial charge on any atom is 0.244 e. The Balaban J connectivity index is 1.84. The number of hydrogen-bond acceptors (Lipinski definition) is 2. The normalized spacial score (nSPS) is 10.4. The highest BCUT2D eigenvalue weighted by Crippen LogP contribution is 1.99. The van der Waals surface area contributed by atoms with Gasteiger partial charge in [-0.3, -0.25) is 4.79 Å². The first kappa shape index (κ1) is 12.0. The van der Waals surface area contributed by atoms with Crippen molar-refractivity contribution < 1.29 is 4.79 Å². The van der Waals surface area contributed by atoms with Crippen molar-refractivity contribution in [2.24, 2.45) is 5.10 Å². The highest BCUT2D eigenvalue weighted by atomic mass is 16.2. The van der Waals surface area contributed by atoms with E-state index in [2.05, 4.69) is 10.5 Å². The van der Waals surface area contributed by atoms with Crippen LogP contribution < -0.4 is 5.43 Å². The van der Waals surface area contributed by atoms with Crippen LogP contribution in [0.5, 0.6) is 0 Å². The molecule has 0 atom stereocenters. The monoisotopic (exact) mass is 238 g/mol. The molecule has 0 unspecified atom stereocenters. The zero-order valence-corrected chi connectivity index (χ0v) is 9.91. The van der Waals surface area contributed by atoms with Gasteiger partial charge < -0.3 is 0 Å². The van der Waals surface area contributed by atoms with Gasteiger partial charge in [-0.15, -0.1) is 0 Å². The summed E-state index contributed by atoms with van der Waals surface area (Å²) < 4.78 is 0. The van der Waals surface area contributed by atoms with Crippen molar-refractivity contribution >= 4 is 12.1 Å². The van der Waals surface area contributed by atoms with Crippen LogP contribution in [0.25, 0.3) is 0 Å². The second kappa shape index (κ2) is 6.35. The van der Waals surface area contributed by atoms with Gasteiger partial charge in [0.25, 0.3) is 0 Å². The van der Waals surface area contributed by atoms with Crippen LogP contribution in [0.2, 0.25) is 0 Å². The van der Waals surface area contributed by atoms with Gasteiger partial charge in [-0.05, 0) is 11.1 Å². The molecule has 2 rings (SSSR count). The number of nitrogens with zero attached hydrogens (tertiary/aromatic N) is 1. The Morgan fingerprint density at radius 3 is 2.28 bits per heavy atom. The minimum atomic E-state index is -0.117. The molecule has 0 aliphatic heterocycles. The van der Waals surface area contributed by atoms with Crippen molar-refractivity contribution in [1.29, 1.82) is 0 Å². The molecule has 2 aromatic rings. The molecule has 3 nitrogen and oxygen atoms in total. The fraction of sp³-hybridized carbons (Fsp3) is 0.0667. The molecule has 0 aliphatic carbocycles. The second-order valence-corrected chi connectivity index (χ2v) is 3.87. The van der Waals surface area contributed by atoms with E-state index in [4.69, 9.17) is 0 Å². The van der Waals surface area contributed by atoms with Crippen LogP contribution in [0.3, 0.4) is 0 Å². The first-order valence-electron chi connectivity index (χ1n) is 5.75. The van der Waals surface area contributed by atoms with E-state index >= 15 is 0 Å². The molecule has 2 aromatic carbocycles. The highest BCUT2D eigenvalue weighted by Gasteiger charge is 2.00. The van der Waals surface area contributed by atoms with Crippen LogP contribution in [0.4, 0.5) is 0 Å². The van der Waals surface area contributed by atoms with Crippen LogP contribution in [-0.2, 0) is 11.2 Å². The molecule has 1 amide bonds. The van der Waals surface area contributed by atoms with E-state index in [1.54, 1.807) is 6.21 Å². The van der Waals surface area contributed by atoms with Crippen molar-refractivity contribution in [3.05, 3.63) is 71.8 Å². The zero-order chi connectivity index (χ0) is 12.6. The van der Waals surface area contributed by atoms with E-state index in [-0.39, 0.29) is 5.91 Å². The molecule has 0 aromatic heterocycles. The van der Waals surface area contributed by atoms with Gasteiger partial charge in [-0.25, -0.2) is 5.43 Å². The summed E-state index contributed by atoms with van der Waals surface area (Å²) in [6.45, 7) is 0. The molecule has 0 fully saturated rings. The van der Waals surface area contributed by atoms with Gasteiger partial charge in [0.15, 0.2) is 0 Å². The Bertz CT molecular complexity index is 521. The summed E-state index contributed by atoms with van der Waals surface area (Å²) in [7, 11) is 0. The number of benzene rings is 2. The number of nitrogens with one attached hydrogen (secondary N) is 1. The molecule has 0 heterocycles. The summed E-state index contributed by atoms with van der Waals surface area (Å²) in [5, 5.41) is 3.91. The third-order valence-electron chi connectivity index (χ3n) is 2.41. The molecule has 0 bridgehead atoms. The Hall–Kier alpha value is -2.42. The summed E-state index contributed by atoms with van der Waals surface area (Å²) >= 11 is 0. The SMILES string of the molecule is O=C(Cc1ccccc1)N/N=C/c1ccccc1. The maximum atomic E-state index is 11.6. The van der Waals surface area contributed by atoms with Gasteiger partial charge >= 0.3 is 0 Å². The largest absolute Gasteiger partial charge is 0.273 e. The lowest BCUT2D eigenvalue weighted by molar-refractivity contribution is -0.120. The van der Waals surface area contributed by atoms with Crippen LogP contribution in [0.1, 0.15) is 11.1 Å². The maximum absolute atomic E-state index is 11.6. The number of carbonyl (C=O) groups is 1. The molecule has 1 N–H and O–H groups in total. The van der Waals surface area contributed by atoms with E-state index in [0.29, 0.717) is 6.42 Å². The topological polar surface area (TPSA) is 41.5 Å². The van der Waals surface area contributed by atoms with Gasteiger partial charge in [0.05, 0.1) is 12.6 Å². The van der Waals surface area contributed by atoms with Gasteiger partial charge in [0.2, 0.25) is 5.91 Å². The Morgan fingerprint density at radius 1 is 1.00 bits per heavy atom. The van der Waals surface area contributed by atoms with Gasteiger partial charge in [-0.1, -0.05) is 60.7 Å². The summed E-state index contributed by atoms with van der Waals surface area (Å²) in [4.78, 5) is 11.6. The van der Waals surface area contributed by atoms with E-state index < -0.39 is 0 Å². The zero-order valence-electron chi connectivity index (χ0n) is 9.91. The van der Waals surface area contributed by atoms with Crippen LogP contribution >= 0.6 is 0 Å². The Kier molecular flexibility index (Phi) is 4.25. The predicted molar refractivity (Wildman–Crippen MR) is 72.3 cm³/mol. The molecule has 0 saturated heterocycles. The van der Waals surface area contributed by atoms with E-state index in [0.717, 1.165) is 11.1 Å². The molecule has 90 valence electrons. The summed E-state index contributed by atoms with van der Waals surface area (Å²) in [5.74, 6) is -0.117. The number of rotatable bonds is 4. The number of amides is 1. The third-order valence-corrected chi connectivity index (χ3v) is 2.41. The Morgan fingerprint density at radius 2 is 1.61 bits per heavy atom. The first-order valence-corrected chi connectivity index (χ1v) is 5.75. The van der Waals surface area contributed by atoms with E-state index in [9.17, 15) is 4.79 Å². The Labute approximate surface area is 106 Å². The highest BCUT2D eigenvalue weighted by molar-refractivity contribution is 5.83.